The van der Waals surface area contributed by atoms with Crippen LogP contribution >= 0.6 is 0 Å². The fraction of sp³-hybridized carbons (Fsp3) is 0.292. The van der Waals surface area contributed by atoms with Gasteiger partial charge in [0.1, 0.15) is 5.82 Å². The predicted molar refractivity (Wildman–Crippen MR) is 121 cm³/mol. The van der Waals surface area contributed by atoms with Crippen LogP contribution in [0.5, 0.6) is 0 Å². The molecule has 2 aromatic carbocycles. The van der Waals surface area contributed by atoms with Crippen molar-refractivity contribution in [1.82, 2.24) is 35.4 Å². The van der Waals surface area contributed by atoms with Crippen molar-refractivity contribution in [3.05, 3.63) is 77.9 Å². The van der Waals surface area contributed by atoms with Crippen LogP contribution in [0.15, 0.2) is 60.7 Å². The molecule has 9 heteroatoms. The maximum Gasteiger partial charge on any atom is 0.308 e. The molecule has 0 aliphatic carbocycles. The Hall–Kier alpha value is -3.75. The largest absolute Gasteiger partial charge is 0.308 e. The molecule has 2 heterocycles. The number of hydrogen-bond donors (Lipinski definition) is 1. The highest BCUT2D eigenvalue weighted by Gasteiger charge is 2.36. The highest BCUT2D eigenvalue weighted by Crippen LogP contribution is 2.32. The smallest absolute Gasteiger partial charge is 0.245 e. The minimum absolute atomic E-state index is 0.269. The van der Waals surface area contributed by atoms with Gasteiger partial charge in [0.2, 0.25) is 11.6 Å². The van der Waals surface area contributed by atoms with Gasteiger partial charge in [0, 0.05) is 18.4 Å². The summed E-state index contributed by atoms with van der Waals surface area (Å²) < 4.78 is 30.4. The number of nitrogens with zero attached hydrogens (tertiary/aromatic N) is 6. The average Bonchev–Trinajstić information content (AvgIpc) is 3.49. The van der Waals surface area contributed by atoms with Gasteiger partial charge in [-0.25, -0.2) is 9.67 Å². The number of halogens is 2. The number of alkyl halides is 2. The van der Waals surface area contributed by atoms with Crippen molar-refractivity contribution >= 4 is 0 Å². The fourth-order valence-electron chi connectivity index (χ4n) is 3.63. The van der Waals surface area contributed by atoms with E-state index >= 15 is 0 Å². The fourth-order valence-corrected chi connectivity index (χ4v) is 3.63. The minimum Gasteiger partial charge on any atom is -0.245 e. The van der Waals surface area contributed by atoms with Crippen LogP contribution in [-0.4, -0.2) is 35.4 Å². The summed E-state index contributed by atoms with van der Waals surface area (Å²) in [5, 5.41) is 18.4. The van der Waals surface area contributed by atoms with Gasteiger partial charge >= 0.3 is 5.92 Å². The Morgan fingerprint density at radius 1 is 1.06 bits per heavy atom. The van der Waals surface area contributed by atoms with E-state index in [0.717, 1.165) is 22.3 Å². The van der Waals surface area contributed by atoms with Crippen LogP contribution in [0.3, 0.4) is 0 Å². The number of rotatable bonds is 9. The van der Waals surface area contributed by atoms with Crippen molar-refractivity contribution in [2.45, 2.75) is 45.6 Å². The van der Waals surface area contributed by atoms with Gasteiger partial charge in [-0.1, -0.05) is 67.6 Å². The van der Waals surface area contributed by atoms with Crippen LogP contribution in [0.1, 0.15) is 43.9 Å². The van der Waals surface area contributed by atoms with Crippen molar-refractivity contribution < 1.29 is 8.78 Å². The third kappa shape index (κ3) is 5.02. The maximum absolute atomic E-state index is 14.4. The monoisotopic (exact) mass is 449 g/mol. The van der Waals surface area contributed by atoms with E-state index in [-0.39, 0.29) is 6.42 Å². The van der Waals surface area contributed by atoms with Crippen LogP contribution < -0.4 is 0 Å². The van der Waals surface area contributed by atoms with E-state index in [4.69, 9.17) is 0 Å². The SMILES string of the molecule is C/C=C/Cn1nc(C(F)(F)CCC)nc1Cc1ccc(-c2ccccc2-c2nn[nH]n2)cc1. The molecule has 7 nitrogen and oxygen atoms in total. The van der Waals surface area contributed by atoms with Crippen molar-refractivity contribution in [2.24, 2.45) is 0 Å². The van der Waals surface area contributed by atoms with Crippen LogP contribution in [-0.2, 0) is 18.9 Å². The van der Waals surface area contributed by atoms with Crippen molar-refractivity contribution in [3.63, 3.8) is 0 Å². The summed E-state index contributed by atoms with van der Waals surface area (Å²) in [6.45, 7) is 4.01. The van der Waals surface area contributed by atoms with E-state index in [1.54, 1.807) is 11.6 Å². The average molecular weight is 450 g/mol. The third-order valence-electron chi connectivity index (χ3n) is 5.29. The number of allylic oxidation sites excluding steroid dienone is 2. The topological polar surface area (TPSA) is 85.2 Å². The molecule has 0 saturated carbocycles. The zero-order valence-corrected chi connectivity index (χ0v) is 18.5. The molecule has 0 atom stereocenters. The van der Waals surface area contributed by atoms with E-state index in [0.29, 0.717) is 31.0 Å². The molecule has 4 rings (SSSR count). The lowest BCUT2D eigenvalue weighted by atomic mass is 9.98. The van der Waals surface area contributed by atoms with Gasteiger partial charge in [-0.15, -0.1) is 15.3 Å². The second kappa shape index (κ2) is 9.81. The van der Waals surface area contributed by atoms with Crippen LogP contribution in [0.25, 0.3) is 22.5 Å². The molecular weight excluding hydrogens is 424 g/mol. The van der Waals surface area contributed by atoms with E-state index in [1.807, 2.05) is 67.6 Å². The molecule has 0 spiro atoms. The molecule has 1 N–H and O–H groups in total. The van der Waals surface area contributed by atoms with Gasteiger partial charge in [0.05, 0.1) is 6.54 Å². The summed E-state index contributed by atoms with van der Waals surface area (Å²) in [4.78, 5) is 4.22. The summed E-state index contributed by atoms with van der Waals surface area (Å²) in [7, 11) is 0. The van der Waals surface area contributed by atoms with Gasteiger partial charge in [-0.2, -0.15) is 14.0 Å². The predicted octanol–water partition coefficient (Wildman–Crippen LogP) is 5.18. The summed E-state index contributed by atoms with van der Waals surface area (Å²) in [5.41, 5.74) is 3.79. The molecule has 170 valence electrons. The molecule has 2 aromatic heterocycles. The lowest BCUT2D eigenvalue weighted by Crippen LogP contribution is -2.15. The molecule has 0 aliphatic heterocycles. The number of tetrazole rings is 1. The first-order valence-electron chi connectivity index (χ1n) is 10.9. The highest BCUT2D eigenvalue weighted by molar-refractivity contribution is 5.80. The number of aromatic amines is 1. The zero-order valence-electron chi connectivity index (χ0n) is 18.5. The number of hydrogen-bond acceptors (Lipinski definition) is 5. The number of nitrogens with one attached hydrogen (secondary N) is 1. The third-order valence-corrected chi connectivity index (χ3v) is 5.29. The van der Waals surface area contributed by atoms with E-state index in [9.17, 15) is 8.78 Å². The van der Waals surface area contributed by atoms with Gasteiger partial charge in [0.15, 0.2) is 0 Å². The molecule has 0 fully saturated rings. The highest BCUT2D eigenvalue weighted by atomic mass is 19.3. The Morgan fingerprint density at radius 2 is 1.82 bits per heavy atom. The first-order chi connectivity index (χ1) is 16.0. The number of aromatic nitrogens is 7. The van der Waals surface area contributed by atoms with Crippen molar-refractivity contribution in [2.75, 3.05) is 0 Å². The minimum atomic E-state index is -3.03. The Labute approximate surface area is 190 Å². The molecule has 0 amide bonds. The van der Waals surface area contributed by atoms with Crippen molar-refractivity contribution in [3.8, 4) is 22.5 Å². The molecule has 0 saturated heterocycles. The van der Waals surface area contributed by atoms with Crippen LogP contribution in [0.2, 0.25) is 0 Å². The summed E-state index contributed by atoms with van der Waals surface area (Å²) in [6, 6.07) is 15.7. The second-order valence-corrected chi connectivity index (χ2v) is 7.71. The molecular formula is C24H25F2N7. The molecule has 4 aromatic rings. The standard InChI is InChI=1S/C24H25F2N7/c1-3-5-15-33-21(27-23(30-33)24(25,26)14-4-2)16-17-10-12-18(13-11-17)19-8-6-7-9-20(19)22-28-31-32-29-22/h3,5-13H,4,14-16H2,1-2H3,(H,28,29,31,32)/b5-3+. The first-order valence-corrected chi connectivity index (χ1v) is 10.9. The van der Waals surface area contributed by atoms with E-state index in [2.05, 4.69) is 30.7 Å². The van der Waals surface area contributed by atoms with E-state index < -0.39 is 11.7 Å². The Bertz CT molecular complexity index is 1210. The quantitative estimate of drug-likeness (QED) is 0.356. The van der Waals surface area contributed by atoms with E-state index in [1.165, 1.54) is 0 Å². The number of H-pyrrole nitrogens is 1. The van der Waals surface area contributed by atoms with Gasteiger partial charge < -0.3 is 0 Å². The molecule has 0 aliphatic rings. The van der Waals surface area contributed by atoms with Crippen LogP contribution in [0.4, 0.5) is 8.78 Å². The summed E-state index contributed by atoms with van der Waals surface area (Å²) >= 11 is 0. The van der Waals surface area contributed by atoms with Gasteiger partial charge in [0.25, 0.3) is 0 Å². The molecule has 0 radical (unpaired) electrons. The normalized spacial score (nSPS) is 12.0. The maximum atomic E-state index is 14.4. The summed E-state index contributed by atoms with van der Waals surface area (Å²) in [6.07, 6.45) is 4.23. The Morgan fingerprint density at radius 3 is 2.48 bits per heavy atom. The zero-order chi connectivity index (χ0) is 23.3. The molecule has 0 bridgehead atoms. The first kappa shape index (κ1) is 22.4. The lowest BCUT2D eigenvalue weighted by Gasteiger charge is -2.10. The van der Waals surface area contributed by atoms with Gasteiger partial charge in [-0.3, -0.25) is 0 Å². The molecule has 0 unspecified atom stereocenters. The Kier molecular flexibility index (Phi) is 6.67. The van der Waals surface area contributed by atoms with Gasteiger partial charge in [-0.05, 0) is 35.2 Å². The summed E-state index contributed by atoms with van der Waals surface area (Å²) in [5.74, 6) is -2.41. The second-order valence-electron chi connectivity index (χ2n) is 7.71. The lowest BCUT2D eigenvalue weighted by molar-refractivity contribution is -0.0232. The number of benzene rings is 2. The van der Waals surface area contributed by atoms with Crippen molar-refractivity contribution in [1.29, 1.82) is 0 Å². The molecule has 33 heavy (non-hydrogen) atoms. The van der Waals surface area contributed by atoms with Crippen LogP contribution in [0, 0.1) is 0 Å². The Balaban J connectivity index is 1.61.